The summed E-state index contributed by atoms with van der Waals surface area (Å²) in [6.07, 6.45) is 1.73. The zero-order valence-corrected chi connectivity index (χ0v) is 23.2. The van der Waals surface area contributed by atoms with Crippen molar-refractivity contribution in [2.45, 2.75) is 40.7 Å². The second-order valence-electron chi connectivity index (χ2n) is 8.22. The van der Waals surface area contributed by atoms with Crippen molar-refractivity contribution < 1.29 is 23.8 Å². The van der Waals surface area contributed by atoms with Gasteiger partial charge in [0.15, 0.2) is 16.6 Å². The molecular formula is C28H31ClN2O5S. The fourth-order valence-electron chi connectivity index (χ4n) is 4.07. The molecule has 0 fully saturated rings. The predicted octanol–water partition coefficient (Wildman–Crippen LogP) is 5.84. The molecule has 196 valence electrons. The molecule has 0 aliphatic carbocycles. The Labute approximate surface area is 228 Å². The van der Waals surface area contributed by atoms with E-state index in [-0.39, 0.29) is 23.2 Å². The Kier molecular flexibility index (Phi) is 9.72. The highest BCUT2D eigenvalue weighted by Crippen LogP contribution is 2.39. The van der Waals surface area contributed by atoms with Crippen LogP contribution in [0.2, 0.25) is 5.02 Å². The van der Waals surface area contributed by atoms with Gasteiger partial charge in [-0.1, -0.05) is 29.8 Å². The second-order valence-corrected chi connectivity index (χ2v) is 9.04. The van der Waals surface area contributed by atoms with Gasteiger partial charge in [-0.05, 0) is 88.3 Å². The molecule has 0 bridgehead atoms. The molecule has 37 heavy (non-hydrogen) atoms. The first-order valence-electron chi connectivity index (χ1n) is 12.1. The zero-order valence-electron chi connectivity index (χ0n) is 21.6. The lowest BCUT2D eigenvalue weighted by atomic mass is 9.92. The van der Waals surface area contributed by atoms with E-state index < -0.39 is 12.0 Å². The third-order valence-electron chi connectivity index (χ3n) is 5.62. The van der Waals surface area contributed by atoms with E-state index in [1.807, 2.05) is 26.0 Å². The van der Waals surface area contributed by atoms with E-state index in [2.05, 4.69) is 5.32 Å². The minimum atomic E-state index is -0.849. The molecule has 9 heteroatoms. The number of ether oxygens (including phenoxy) is 3. The molecule has 0 saturated heterocycles. The number of nitrogens with zero attached hydrogens (tertiary/aromatic N) is 1. The highest BCUT2D eigenvalue weighted by Gasteiger charge is 2.40. The largest absolute Gasteiger partial charge is 0.490 e. The van der Waals surface area contributed by atoms with Gasteiger partial charge in [0.05, 0.1) is 31.4 Å². The summed E-state index contributed by atoms with van der Waals surface area (Å²) < 4.78 is 16.9. The number of benzene rings is 2. The summed E-state index contributed by atoms with van der Waals surface area (Å²) in [5.41, 5.74) is 2.60. The van der Waals surface area contributed by atoms with Crippen LogP contribution >= 0.6 is 23.8 Å². The molecule has 0 aromatic heterocycles. The highest BCUT2D eigenvalue weighted by molar-refractivity contribution is 7.80. The van der Waals surface area contributed by atoms with Gasteiger partial charge in [-0.2, -0.15) is 0 Å². The van der Waals surface area contributed by atoms with Crippen LogP contribution in [0.15, 0.2) is 59.3 Å². The van der Waals surface area contributed by atoms with Crippen LogP contribution in [0.1, 0.15) is 51.8 Å². The minimum Gasteiger partial charge on any atom is -0.490 e. The van der Waals surface area contributed by atoms with Crippen molar-refractivity contribution in [3.63, 3.8) is 0 Å². The summed E-state index contributed by atoms with van der Waals surface area (Å²) >= 11 is 11.7. The van der Waals surface area contributed by atoms with Gasteiger partial charge in [0.1, 0.15) is 0 Å². The number of carbonyl (C=O) groups is 2. The number of nitrogens with one attached hydrogen (secondary N) is 1. The first-order chi connectivity index (χ1) is 17.7. The molecule has 2 aromatic carbocycles. The third kappa shape index (κ3) is 6.50. The number of esters is 1. The van der Waals surface area contributed by atoms with Crippen molar-refractivity contribution in [3.05, 3.63) is 75.5 Å². The Balaban J connectivity index is 2.17. The van der Waals surface area contributed by atoms with E-state index in [0.29, 0.717) is 46.6 Å². The van der Waals surface area contributed by atoms with E-state index in [1.54, 1.807) is 57.2 Å². The lowest BCUT2D eigenvalue weighted by molar-refractivity contribution is -0.139. The molecule has 1 amide bonds. The molecule has 1 atom stereocenters. The summed E-state index contributed by atoms with van der Waals surface area (Å²) in [5, 5.41) is 3.74. The second kappa shape index (κ2) is 12.7. The molecule has 7 nitrogen and oxygen atoms in total. The Morgan fingerprint density at radius 1 is 1.05 bits per heavy atom. The molecule has 1 heterocycles. The van der Waals surface area contributed by atoms with Crippen LogP contribution in [0.25, 0.3) is 6.08 Å². The summed E-state index contributed by atoms with van der Waals surface area (Å²) in [6, 6.07) is 11.7. The normalized spacial score (nSPS) is 15.8. The lowest BCUT2D eigenvalue weighted by Gasteiger charge is -2.38. The van der Waals surface area contributed by atoms with E-state index >= 15 is 0 Å². The molecule has 3 rings (SSSR count). The molecule has 1 N–H and O–H groups in total. The fraction of sp³-hybridized carbons (Fsp3) is 0.321. The molecule has 1 aliphatic heterocycles. The number of thiocarbonyl (C=S) groups is 1. The Morgan fingerprint density at radius 3 is 2.41 bits per heavy atom. The van der Waals surface area contributed by atoms with Crippen LogP contribution in [-0.4, -0.2) is 41.7 Å². The first-order valence-corrected chi connectivity index (χ1v) is 12.9. The van der Waals surface area contributed by atoms with Crippen molar-refractivity contribution in [2.24, 2.45) is 0 Å². The summed E-state index contributed by atoms with van der Waals surface area (Å²) in [5.74, 6) is 0.161. The van der Waals surface area contributed by atoms with Gasteiger partial charge in [0.25, 0.3) is 5.91 Å². The van der Waals surface area contributed by atoms with Crippen molar-refractivity contribution in [2.75, 3.05) is 19.8 Å². The maximum absolute atomic E-state index is 13.9. The van der Waals surface area contributed by atoms with Crippen LogP contribution in [0, 0.1) is 0 Å². The summed E-state index contributed by atoms with van der Waals surface area (Å²) in [7, 11) is 0. The SMILES string of the molecule is CCOC(=O)C1=C(C)NC(=S)N(C(=O)/C(C)=C/c2cccc(Cl)c2)C1c1ccc(OCC)c(OCC)c1. The maximum Gasteiger partial charge on any atom is 0.338 e. The minimum absolute atomic E-state index is 0.172. The standard InChI is InChI=1S/C28H31ClN2O5S/c1-6-34-22-13-12-20(16-23(22)35-7-2)25-24(27(33)36-8-3)18(5)30-28(37)31(25)26(32)17(4)14-19-10-9-11-21(29)15-19/h9-16,25H,6-8H2,1-5H3,(H,30,37)/b17-14+. The van der Waals surface area contributed by atoms with Gasteiger partial charge >= 0.3 is 5.97 Å². The Hall–Kier alpha value is -3.36. The third-order valence-corrected chi connectivity index (χ3v) is 6.15. The smallest absolute Gasteiger partial charge is 0.338 e. The van der Waals surface area contributed by atoms with Gasteiger partial charge in [-0.15, -0.1) is 0 Å². The van der Waals surface area contributed by atoms with Crippen molar-refractivity contribution in [1.82, 2.24) is 10.2 Å². The molecule has 1 unspecified atom stereocenters. The monoisotopic (exact) mass is 542 g/mol. The zero-order chi connectivity index (χ0) is 27.1. The number of rotatable bonds is 9. The number of amides is 1. The average molecular weight is 543 g/mol. The number of carbonyl (C=O) groups excluding carboxylic acids is 2. The molecular weight excluding hydrogens is 512 g/mol. The summed E-state index contributed by atoms with van der Waals surface area (Å²) in [6.45, 7) is 9.98. The van der Waals surface area contributed by atoms with E-state index in [9.17, 15) is 9.59 Å². The van der Waals surface area contributed by atoms with Gasteiger partial charge in [-0.25, -0.2) is 4.79 Å². The van der Waals surface area contributed by atoms with Crippen LogP contribution in [0.3, 0.4) is 0 Å². The van der Waals surface area contributed by atoms with Crippen LogP contribution in [0.4, 0.5) is 0 Å². The van der Waals surface area contributed by atoms with Crippen LogP contribution in [-0.2, 0) is 14.3 Å². The van der Waals surface area contributed by atoms with E-state index in [1.165, 1.54) is 4.90 Å². The molecule has 0 spiro atoms. The predicted molar refractivity (Wildman–Crippen MR) is 149 cm³/mol. The Morgan fingerprint density at radius 2 is 1.76 bits per heavy atom. The molecule has 2 aromatic rings. The molecule has 0 radical (unpaired) electrons. The molecule has 1 aliphatic rings. The number of halogens is 1. The van der Waals surface area contributed by atoms with Crippen molar-refractivity contribution >= 4 is 46.9 Å². The average Bonchev–Trinajstić information content (AvgIpc) is 2.84. The lowest BCUT2D eigenvalue weighted by Crippen LogP contribution is -2.51. The quantitative estimate of drug-likeness (QED) is 0.242. The topological polar surface area (TPSA) is 77.1 Å². The summed E-state index contributed by atoms with van der Waals surface area (Å²) in [4.78, 5) is 28.4. The van der Waals surface area contributed by atoms with Gasteiger partial charge in [0.2, 0.25) is 0 Å². The first kappa shape index (κ1) is 28.2. The van der Waals surface area contributed by atoms with Gasteiger partial charge in [-0.3, -0.25) is 9.69 Å². The number of hydrogen-bond acceptors (Lipinski definition) is 6. The van der Waals surface area contributed by atoms with Crippen molar-refractivity contribution in [1.29, 1.82) is 0 Å². The van der Waals surface area contributed by atoms with Gasteiger partial charge in [0, 0.05) is 16.3 Å². The van der Waals surface area contributed by atoms with Crippen LogP contribution in [0.5, 0.6) is 11.5 Å². The van der Waals surface area contributed by atoms with Crippen LogP contribution < -0.4 is 14.8 Å². The van der Waals surface area contributed by atoms with Crippen molar-refractivity contribution in [3.8, 4) is 11.5 Å². The maximum atomic E-state index is 13.9. The highest BCUT2D eigenvalue weighted by atomic mass is 35.5. The number of allylic oxidation sites excluding steroid dienone is 1. The molecule has 0 saturated carbocycles. The Bertz CT molecular complexity index is 1260. The van der Waals surface area contributed by atoms with E-state index in [4.69, 9.17) is 38.0 Å². The van der Waals surface area contributed by atoms with Gasteiger partial charge < -0.3 is 19.5 Å². The van der Waals surface area contributed by atoms with E-state index in [0.717, 1.165) is 5.56 Å². The fourth-order valence-corrected chi connectivity index (χ4v) is 4.61. The number of hydrogen-bond donors (Lipinski definition) is 1.